The van der Waals surface area contributed by atoms with Gasteiger partial charge in [0.1, 0.15) is 11.9 Å². The van der Waals surface area contributed by atoms with Crippen LogP contribution in [0.2, 0.25) is 0 Å². The van der Waals surface area contributed by atoms with Crippen LogP contribution in [-0.2, 0) is 6.54 Å². The predicted molar refractivity (Wildman–Crippen MR) is 158 cm³/mol. The lowest BCUT2D eigenvalue weighted by Gasteiger charge is -2.18. The molecule has 2 aromatic carbocycles. The average molecular weight is 571 g/mol. The van der Waals surface area contributed by atoms with Crippen LogP contribution in [0, 0.1) is 23.1 Å². The summed E-state index contributed by atoms with van der Waals surface area (Å²) in [5.41, 5.74) is 1.53. The number of benzene rings is 2. The van der Waals surface area contributed by atoms with Gasteiger partial charge in [-0.05, 0) is 101 Å². The van der Waals surface area contributed by atoms with Crippen molar-refractivity contribution in [1.82, 2.24) is 14.5 Å². The smallest absolute Gasteiger partial charge is 0.331 e. The highest BCUT2D eigenvalue weighted by molar-refractivity contribution is 5.98. The fourth-order valence-corrected chi connectivity index (χ4v) is 5.70. The summed E-state index contributed by atoms with van der Waals surface area (Å²) in [7, 11) is 0. The number of ketones is 1. The quantitative estimate of drug-likeness (QED) is 0.221. The van der Waals surface area contributed by atoms with Gasteiger partial charge in [-0.25, -0.2) is 9.18 Å². The summed E-state index contributed by atoms with van der Waals surface area (Å²) in [4.78, 5) is 52.3. The van der Waals surface area contributed by atoms with Gasteiger partial charge >= 0.3 is 5.69 Å². The number of Topliss-reactive ketones (excluding diaryl/α,β-unsaturated/α-hetero) is 1. The molecule has 2 saturated carbocycles. The Kier molecular flexibility index (Phi) is 8.53. The molecule has 2 fully saturated rings. The fourth-order valence-electron chi connectivity index (χ4n) is 5.70. The summed E-state index contributed by atoms with van der Waals surface area (Å²) in [5, 5.41) is 12.4. The fraction of sp³-hybridized carbons (Fsp3) is 0.424. The van der Waals surface area contributed by atoms with E-state index in [1.54, 1.807) is 28.8 Å². The molecule has 1 atom stereocenters. The molecule has 5 rings (SSSR count). The van der Waals surface area contributed by atoms with Crippen molar-refractivity contribution >= 4 is 22.6 Å². The van der Waals surface area contributed by atoms with Crippen LogP contribution in [0.1, 0.15) is 97.5 Å². The lowest BCUT2D eigenvalue weighted by molar-refractivity contribution is 0.0932. The van der Waals surface area contributed by atoms with Gasteiger partial charge in [0, 0.05) is 36.2 Å². The molecule has 1 N–H and O–H groups in total. The highest BCUT2D eigenvalue weighted by Crippen LogP contribution is 2.30. The van der Waals surface area contributed by atoms with Crippen molar-refractivity contribution in [2.24, 2.45) is 5.92 Å². The number of nitriles is 1. The molecule has 0 radical (unpaired) electrons. The first-order valence-electron chi connectivity index (χ1n) is 14.7. The summed E-state index contributed by atoms with van der Waals surface area (Å²) in [5.74, 6) is -0.821. The normalized spacial score (nSPS) is 18.2. The Morgan fingerprint density at radius 2 is 1.83 bits per heavy atom. The molecule has 3 aromatic rings. The third-order valence-electron chi connectivity index (χ3n) is 8.27. The van der Waals surface area contributed by atoms with E-state index >= 15 is 0 Å². The van der Waals surface area contributed by atoms with E-state index in [4.69, 9.17) is 5.26 Å². The molecule has 1 heterocycles. The first-order valence-corrected chi connectivity index (χ1v) is 14.7. The number of rotatable bonds is 8. The Morgan fingerprint density at radius 1 is 1.07 bits per heavy atom. The zero-order valence-corrected chi connectivity index (χ0v) is 24.0. The second-order valence-corrected chi connectivity index (χ2v) is 11.7. The van der Waals surface area contributed by atoms with Gasteiger partial charge in [0.15, 0.2) is 5.78 Å². The van der Waals surface area contributed by atoms with Crippen molar-refractivity contribution in [3.05, 3.63) is 91.4 Å². The Morgan fingerprint density at radius 3 is 2.52 bits per heavy atom. The Hall–Kier alpha value is -4.32. The number of fused-ring (bicyclic) bond motifs is 1. The van der Waals surface area contributed by atoms with Crippen LogP contribution in [0.5, 0.6) is 0 Å². The van der Waals surface area contributed by atoms with Crippen LogP contribution in [-0.4, -0.2) is 26.9 Å². The molecule has 8 nitrogen and oxygen atoms in total. The van der Waals surface area contributed by atoms with Gasteiger partial charge < -0.3 is 5.32 Å². The highest BCUT2D eigenvalue weighted by atomic mass is 19.1. The van der Waals surface area contributed by atoms with E-state index in [1.807, 2.05) is 19.9 Å². The molecule has 1 unspecified atom stereocenters. The number of nitrogens with one attached hydrogen (secondary N) is 1. The zero-order chi connectivity index (χ0) is 30.0. The molecule has 2 aliphatic carbocycles. The summed E-state index contributed by atoms with van der Waals surface area (Å²) in [6.45, 7) is 4.22. The average Bonchev–Trinajstić information content (AvgIpc) is 3.81. The minimum atomic E-state index is -0.700. The Bertz CT molecular complexity index is 1740. The topological polar surface area (TPSA) is 114 Å². The molecule has 9 heteroatoms. The number of hydrogen-bond donors (Lipinski definition) is 1. The Labute approximate surface area is 243 Å². The number of amides is 1. The van der Waals surface area contributed by atoms with Crippen LogP contribution in [0.3, 0.4) is 0 Å². The largest absolute Gasteiger partial charge is 0.349 e. The summed E-state index contributed by atoms with van der Waals surface area (Å²) >= 11 is 0. The number of aromatic nitrogens is 2. The lowest BCUT2D eigenvalue weighted by Crippen LogP contribution is -2.41. The first kappa shape index (κ1) is 29.2. The first-order chi connectivity index (χ1) is 20.2. The van der Waals surface area contributed by atoms with Crippen molar-refractivity contribution in [3.8, 4) is 6.07 Å². The number of nitrogens with zero attached hydrogens (tertiary/aromatic N) is 3. The maximum atomic E-state index is 13.9. The van der Waals surface area contributed by atoms with Gasteiger partial charge in [-0.2, -0.15) is 5.26 Å². The van der Waals surface area contributed by atoms with E-state index in [9.17, 15) is 23.6 Å². The SMILES string of the molecule is CC(C)n1c(=O)n(CC2CC2)c(=O)c2cc(C(=O)NC3CCC/C(=C\CC(=O)c4ccc(C#N)c(F)c4)CC3)ccc21. The highest BCUT2D eigenvalue weighted by Gasteiger charge is 2.26. The number of hydrogen-bond acceptors (Lipinski definition) is 5. The van der Waals surface area contributed by atoms with Gasteiger partial charge in [0.05, 0.1) is 16.5 Å². The van der Waals surface area contributed by atoms with Crippen LogP contribution >= 0.6 is 0 Å². The van der Waals surface area contributed by atoms with Crippen molar-refractivity contribution in [2.75, 3.05) is 0 Å². The lowest BCUT2D eigenvalue weighted by atomic mass is 10.0. The maximum absolute atomic E-state index is 13.9. The maximum Gasteiger partial charge on any atom is 0.331 e. The molecule has 0 bridgehead atoms. The summed E-state index contributed by atoms with van der Waals surface area (Å²) < 4.78 is 16.9. The van der Waals surface area contributed by atoms with Crippen LogP contribution in [0.15, 0.2) is 57.6 Å². The minimum absolute atomic E-state index is 0.0569. The van der Waals surface area contributed by atoms with Gasteiger partial charge in [0.2, 0.25) is 0 Å². The van der Waals surface area contributed by atoms with Crippen molar-refractivity contribution < 1.29 is 14.0 Å². The molecule has 0 saturated heterocycles. The third kappa shape index (κ3) is 6.28. The van der Waals surface area contributed by atoms with Crippen LogP contribution in [0.4, 0.5) is 4.39 Å². The predicted octanol–water partition coefficient (Wildman–Crippen LogP) is 5.43. The number of carbonyl (C=O) groups excluding carboxylic acids is 2. The monoisotopic (exact) mass is 570 g/mol. The van der Waals surface area contributed by atoms with Crippen molar-refractivity contribution in [2.45, 2.75) is 83.8 Å². The zero-order valence-electron chi connectivity index (χ0n) is 24.0. The third-order valence-corrected chi connectivity index (χ3v) is 8.27. The van der Waals surface area contributed by atoms with Crippen molar-refractivity contribution in [1.29, 1.82) is 5.26 Å². The molecule has 0 aliphatic heterocycles. The van der Waals surface area contributed by atoms with E-state index in [-0.39, 0.29) is 52.6 Å². The second-order valence-electron chi connectivity index (χ2n) is 11.7. The van der Waals surface area contributed by atoms with Crippen LogP contribution < -0.4 is 16.6 Å². The summed E-state index contributed by atoms with van der Waals surface area (Å²) in [6, 6.07) is 10.4. The number of allylic oxidation sites excluding steroid dienone is 2. The van der Waals surface area contributed by atoms with E-state index in [1.165, 1.54) is 16.7 Å². The van der Waals surface area contributed by atoms with Crippen LogP contribution in [0.25, 0.3) is 10.9 Å². The second kappa shape index (κ2) is 12.3. The molecule has 218 valence electrons. The van der Waals surface area contributed by atoms with Gasteiger partial charge in [-0.1, -0.05) is 11.6 Å². The number of halogens is 1. The Balaban J connectivity index is 1.26. The molecule has 2 aliphatic rings. The molecular weight excluding hydrogens is 535 g/mol. The molecule has 1 amide bonds. The van der Waals surface area contributed by atoms with Gasteiger partial charge in [-0.3, -0.25) is 23.5 Å². The molecular formula is C33H35FN4O4. The molecule has 1 aromatic heterocycles. The van der Waals surface area contributed by atoms with Crippen molar-refractivity contribution in [3.63, 3.8) is 0 Å². The standard InChI is InChI=1S/C33H35FN4O4/c1-20(2)38-29-14-12-24(16-27(29)32(41)37(33(38)42)19-22-6-7-22)31(40)36-26-5-3-4-21(8-13-26)9-15-30(39)23-10-11-25(18-35)28(34)17-23/h9-12,14,16-17,20,22,26H,3-8,13,15,19H2,1-2H3,(H,36,40)/b21-9+. The van der Waals surface area contributed by atoms with Gasteiger partial charge in [0.25, 0.3) is 11.5 Å². The van der Waals surface area contributed by atoms with E-state index in [0.29, 0.717) is 35.3 Å². The van der Waals surface area contributed by atoms with E-state index in [0.717, 1.165) is 50.2 Å². The van der Waals surface area contributed by atoms with Gasteiger partial charge in [-0.15, -0.1) is 0 Å². The molecule has 0 spiro atoms. The minimum Gasteiger partial charge on any atom is -0.349 e. The summed E-state index contributed by atoms with van der Waals surface area (Å²) in [6.07, 6.45) is 7.95. The van der Waals surface area contributed by atoms with E-state index < -0.39 is 5.82 Å². The van der Waals surface area contributed by atoms with E-state index in [2.05, 4.69) is 5.32 Å². The molecule has 42 heavy (non-hydrogen) atoms. The number of carbonyl (C=O) groups is 2.